The van der Waals surface area contributed by atoms with Gasteiger partial charge in [-0.25, -0.2) is 8.42 Å². The quantitative estimate of drug-likeness (QED) is 0.742. The molecule has 18 heavy (non-hydrogen) atoms. The van der Waals surface area contributed by atoms with Gasteiger partial charge in [0.2, 0.25) is 0 Å². The first-order valence-corrected chi connectivity index (χ1v) is 8.98. The maximum absolute atomic E-state index is 11.1. The van der Waals surface area contributed by atoms with Crippen molar-refractivity contribution in [3.8, 4) is 0 Å². The third kappa shape index (κ3) is 12.4. The summed E-state index contributed by atoms with van der Waals surface area (Å²) in [5.41, 5.74) is 0.131. The maximum atomic E-state index is 11.1. The zero-order valence-corrected chi connectivity index (χ0v) is 13.7. The fourth-order valence-electron chi connectivity index (χ4n) is 2.05. The van der Waals surface area contributed by atoms with Crippen LogP contribution in [-0.2, 0) is 9.84 Å². The second kappa shape index (κ2) is 7.49. The minimum Gasteiger partial charge on any atom is -0.312 e. The van der Waals surface area contributed by atoms with Crippen molar-refractivity contribution in [1.82, 2.24) is 5.32 Å². The highest BCUT2D eigenvalue weighted by Gasteiger charge is 2.16. The van der Waals surface area contributed by atoms with Crippen molar-refractivity contribution in [3.63, 3.8) is 0 Å². The Hall–Kier alpha value is -0.0900. The predicted octanol–water partition coefficient (Wildman–Crippen LogP) is 2.86. The van der Waals surface area contributed by atoms with Gasteiger partial charge < -0.3 is 5.32 Å². The number of rotatable bonds is 8. The molecule has 4 heteroatoms. The molecule has 0 spiro atoms. The molecule has 1 atom stereocenters. The molecule has 0 aliphatic carbocycles. The normalized spacial score (nSPS) is 15.1. The fraction of sp³-hybridized carbons (Fsp3) is 1.00. The molecule has 0 aromatic carbocycles. The molecule has 0 fully saturated rings. The van der Waals surface area contributed by atoms with Crippen LogP contribution in [0.4, 0.5) is 0 Å². The average Bonchev–Trinajstić information content (AvgIpc) is 2.09. The smallest absolute Gasteiger partial charge is 0.147 e. The highest BCUT2D eigenvalue weighted by Crippen LogP contribution is 2.18. The second-order valence-corrected chi connectivity index (χ2v) is 9.16. The van der Waals surface area contributed by atoms with Gasteiger partial charge in [-0.2, -0.15) is 0 Å². The largest absolute Gasteiger partial charge is 0.312 e. The van der Waals surface area contributed by atoms with Crippen LogP contribution in [0, 0.1) is 11.8 Å². The maximum Gasteiger partial charge on any atom is 0.147 e. The van der Waals surface area contributed by atoms with Crippen molar-refractivity contribution in [1.29, 1.82) is 0 Å². The molecule has 3 nitrogen and oxygen atoms in total. The van der Waals surface area contributed by atoms with Crippen molar-refractivity contribution < 1.29 is 8.42 Å². The molecule has 0 heterocycles. The number of hydrogen-bond acceptors (Lipinski definition) is 3. The monoisotopic (exact) mass is 277 g/mol. The molecule has 0 aliphatic rings. The summed E-state index contributed by atoms with van der Waals surface area (Å²) in [6, 6.07) is 0. The molecular weight excluding hydrogens is 246 g/mol. The molecule has 1 unspecified atom stereocenters. The van der Waals surface area contributed by atoms with Crippen LogP contribution < -0.4 is 5.32 Å². The van der Waals surface area contributed by atoms with Crippen LogP contribution in [-0.4, -0.2) is 32.5 Å². The number of nitrogens with one attached hydrogen (secondary N) is 1. The van der Waals surface area contributed by atoms with Gasteiger partial charge in [-0.15, -0.1) is 0 Å². The third-order valence-electron chi connectivity index (χ3n) is 2.85. The highest BCUT2D eigenvalue weighted by atomic mass is 32.2. The van der Waals surface area contributed by atoms with Crippen LogP contribution in [0.15, 0.2) is 0 Å². The minimum atomic E-state index is -2.81. The molecular formula is C14H31NO2S. The lowest BCUT2D eigenvalue weighted by molar-refractivity contribution is 0.318. The molecule has 1 N–H and O–H groups in total. The molecule has 0 aliphatic heterocycles. The number of sulfone groups is 1. The molecule has 0 rings (SSSR count). The Morgan fingerprint density at radius 2 is 1.72 bits per heavy atom. The molecule has 0 aromatic heterocycles. The van der Waals surface area contributed by atoms with Crippen molar-refractivity contribution >= 4 is 9.84 Å². The van der Waals surface area contributed by atoms with Crippen molar-refractivity contribution in [2.75, 3.05) is 18.6 Å². The van der Waals surface area contributed by atoms with E-state index >= 15 is 0 Å². The Labute approximate surface area is 114 Å². The first-order valence-electron chi connectivity index (χ1n) is 6.92. The Balaban J connectivity index is 4.15. The van der Waals surface area contributed by atoms with Gasteiger partial charge in [0.25, 0.3) is 0 Å². The van der Waals surface area contributed by atoms with E-state index in [4.69, 9.17) is 0 Å². The first-order chi connectivity index (χ1) is 7.99. The summed E-state index contributed by atoms with van der Waals surface area (Å²) in [6.07, 6.45) is 4.25. The highest BCUT2D eigenvalue weighted by molar-refractivity contribution is 7.90. The van der Waals surface area contributed by atoms with Crippen molar-refractivity contribution in [2.24, 2.45) is 11.8 Å². The first kappa shape index (κ1) is 17.9. The van der Waals surface area contributed by atoms with Gasteiger partial charge >= 0.3 is 0 Å². The zero-order chi connectivity index (χ0) is 14.4. The van der Waals surface area contributed by atoms with Crippen molar-refractivity contribution in [2.45, 2.75) is 59.4 Å². The van der Waals surface area contributed by atoms with E-state index in [-0.39, 0.29) is 5.54 Å². The summed E-state index contributed by atoms with van der Waals surface area (Å²) in [6.45, 7) is 11.9. The van der Waals surface area contributed by atoms with E-state index in [1.165, 1.54) is 6.26 Å². The van der Waals surface area contributed by atoms with Crippen molar-refractivity contribution in [3.05, 3.63) is 0 Å². The van der Waals surface area contributed by atoms with Crippen LogP contribution in [0.25, 0.3) is 0 Å². The molecule has 0 amide bonds. The van der Waals surface area contributed by atoms with E-state index in [2.05, 4.69) is 39.9 Å². The second-order valence-electron chi connectivity index (χ2n) is 6.90. The SMILES string of the molecule is CC(C)CC(CCCS(C)(=O)=O)CNC(C)(C)C. The van der Waals surface area contributed by atoms with E-state index in [0.29, 0.717) is 17.6 Å². The van der Waals surface area contributed by atoms with E-state index in [9.17, 15) is 8.42 Å². The van der Waals surface area contributed by atoms with Gasteiger partial charge in [0, 0.05) is 17.5 Å². The van der Waals surface area contributed by atoms with Crippen LogP contribution in [0.1, 0.15) is 53.9 Å². The summed E-state index contributed by atoms with van der Waals surface area (Å²) >= 11 is 0. The fourth-order valence-corrected chi connectivity index (χ4v) is 2.75. The van der Waals surface area contributed by atoms with Crippen LogP contribution >= 0.6 is 0 Å². The summed E-state index contributed by atoms with van der Waals surface area (Å²) in [7, 11) is -2.81. The lowest BCUT2D eigenvalue weighted by atomic mass is 9.92. The van der Waals surface area contributed by atoms with Crippen LogP contribution in [0.5, 0.6) is 0 Å². The van der Waals surface area contributed by atoms with Gasteiger partial charge in [-0.3, -0.25) is 0 Å². The Kier molecular flexibility index (Phi) is 7.45. The molecule has 0 saturated carbocycles. The zero-order valence-electron chi connectivity index (χ0n) is 12.9. The van der Waals surface area contributed by atoms with E-state index in [0.717, 1.165) is 25.8 Å². The molecule has 0 bridgehead atoms. The van der Waals surface area contributed by atoms with Gasteiger partial charge in [0.15, 0.2) is 0 Å². The topological polar surface area (TPSA) is 46.2 Å². The lowest BCUT2D eigenvalue weighted by Gasteiger charge is -2.26. The standard InChI is InChI=1S/C14H31NO2S/c1-12(2)10-13(11-15-14(3,4)5)8-7-9-18(6,16)17/h12-13,15H,7-11H2,1-6H3. The third-order valence-corrected chi connectivity index (χ3v) is 3.88. The summed E-state index contributed by atoms with van der Waals surface area (Å²) in [4.78, 5) is 0. The van der Waals surface area contributed by atoms with Crippen LogP contribution in [0.3, 0.4) is 0 Å². The van der Waals surface area contributed by atoms with Crippen LogP contribution in [0.2, 0.25) is 0 Å². The summed E-state index contributed by atoms with van der Waals surface area (Å²) < 4.78 is 22.3. The molecule has 0 saturated heterocycles. The molecule has 110 valence electrons. The minimum absolute atomic E-state index is 0.131. The predicted molar refractivity (Wildman–Crippen MR) is 79.6 cm³/mol. The van der Waals surface area contributed by atoms with E-state index in [1.807, 2.05) is 0 Å². The Morgan fingerprint density at radius 1 is 1.17 bits per heavy atom. The Bertz CT molecular complexity index is 315. The number of hydrogen-bond donors (Lipinski definition) is 1. The Morgan fingerprint density at radius 3 is 2.11 bits per heavy atom. The molecule has 0 aromatic rings. The lowest BCUT2D eigenvalue weighted by Crippen LogP contribution is -2.39. The van der Waals surface area contributed by atoms with Gasteiger partial charge in [0.1, 0.15) is 9.84 Å². The van der Waals surface area contributed by atoms with E-state index in [1.54, 1.807) is 0 Å². The van der Waals surface area contributed by atoms with Gasteiger partial charge in [-0.1, -0.05) is 13.8 Å². The van der Waals surface area contributed by atoms with Gasteiger partial charge in [0.05, 0.1) is 0 Å². The average molecular weight is 277 g/mol. The summed E-state index contributed by atoms with van der Waals surface area (Å²) in [5.74, 6) is 1.55. The van der Waals surface area contributed by atoms with Gasteiger partial charge in [-0.05, 0) is 58.4 Å². The molecule has 0 radical (unpaired) electrons. The van der Waals surface area contributed by atoms with E-state index < -0.39 is 9.84 Å². The summed E-state index contributed by atoms with van der Waals surface area (Å²) in [5, 5.41) is 3.53.